The molecular weight excluding hydrogens is 274 g/mol. The Morgan fingerprint density at radius 1 is 1.53 bits per heavy atom. The second kappa shape index (κ2) is 6.13. The molecule has 0 bridgehead atoms. The summed E-state index contributed by atoms with van der Waals surface area (Å²) in [4.78, 5) is 10.7. The van der Waals surface area contributed by atoms with Gasteiger partial charge in [-0.25, -0.2) is 13.2 Å². The number of nitrogens with one attached hydrogen (secondary N) is 1. The molecular formula is C10H17N3O5S. The normalized spacial score (nSPS) is 12.0. The predicted octanol–water partition coefficient (Wildman–Crippen LogP) is 0.0733. The lowest BCUT2D eigenvalue weighted by molar-refractivity contribution is 0.0686. The number of sulfonamides is 1. The Morgan fingerprint density at radius 3 is 2.63 bits per heavy atom. The van der Waals surface area contributed by atoms with Crippen molar-refractivity contribution < 1.29 is 23.1 Å². The number of aromatic carboxylic acids is 1. The molecule has 0 unspecified atom stereocenters. The minimum absolute atomic E-state index is 0.152. The first kappa shape index (κ1) is 15.6. The van der Waals surface area contributed by atoms with Crippen LogP contribution in [0.2, 0.25) is 0 Å². The van der Waals surface area contributed by atoms with Gasteiger partial charge in [0.2, 0.25) is 10.0 Å². The monoisotopic (exact) mass is 291 g/mol. The minimum atomic E-state index is -3.91. The number of aromatic amines is 1. The SMILES string of the molecule is CCN(CCOC)S(=O)(=O)c1c(C(=O)O)n[nH]c1C. The van der Waals surface area contributed by atoms with Crippen LogP contribution in [0.3, 0.4) is 0 Å². The Balaban J connectivity index is 3.25. The average molecular weight is 291 g/mol. The van der Waals surface area contributed by atoms with Gasteiger partial charge in [0.25, 0.3) is 0 Å². The number of hydrogen-bond donors (Lipinski definition) is 2. The summed E-state index contributed by atoms with van der Waals surface area (Å²) < 4.78 is 30.8. The van der Waals surface area contributed by atoms with Crippen molar-refractivity contribution in [1.29, 1.82) is 0 Å². The molecule has 0 aromatic carbocycles. The van der Waals surface area contributed by atoms with Crippen LogP contribution in [0, 0.1) is 6.92 Å². The molecule has 0 saturated carbocycles. The lowest BCUT2D eigenvalue weighted by atomic mass is 10.4. The summed E-state index contributed by atoms with van der Waals surface area (Å²) in [5, 5.41) is 14.9. The molecule has 19 heavy (non-hydrogen) atoms. The zero-order valence-corrected chi connectivity index (χ0v) is 11.8. The van der Waals surface area contributed by atoms with E-state index in [2.05, 4.69) is 10.2 Å². The van der Waals surface area contributed by atoms with E-state index in [4.69, 9.17) is 9.84 Å². The molecule has 0 aliphatic rings. The van der Waals surface area contributed by atoms with E-state index in [0.29, 0.717) is 0 Å². The zero-order valence-electron chi connectivity index (χ0n) is 11.0. The number of ether oxygens (including phenoxy) is 1. The molecule has 1 heterocycles. The van der Waals surface area contributed by atoms with Crippen molar-refractivity contribution in [3.8, 4) is 0 Å². The molecule has 8 nitrogen and oxygen atoms in total. The molecule has 0 spiro atoms. The van der Waals surface area contributed by atoms with Gasteiger partial charge < -0.3 is 9.84 Å². The number of carboxylic acid groups (broad SMARTS) is 1. The van der Waals surface area contributed by atoms with Crippen LogP contribution in [0.25, 0.3) is 0 Å². The number of hydrogen-bond acceptors (Lipinski definition) is 5. The maximum atomic E-state index is 12.4. The molecule has 1 aromatic rings. The molecule has 9 heteroatoms. The summed E-state index contributed by atoms with van der Waals surface area (Å²) in [6.07, 6.45) is 0. The highest BCUT2D eigenvalue weighted by atomic mass is 32.2. The molecule has 0 amide bonds. The van der Waals surface area contributed by atoms with Crippen molar-refractivity contribution in [1.82, 2.24) is 14.5 Å². The van der Waals surface area contributed by atoms with E-state index in [1.54, 1.807) is 6.92 Å². The maximum absolute atomic E-state index is 12.4. The minimum Gasteiger partial charge on any atom is -0.476 e. The zero-order chi connectivity index (χ0) is 14.6. The number of aryl methyl sites for hydroxylation is 1. The standard InChI is InChI=1S/C10H17N3O5S/c1-4-13(5-6-18-3)19(16,17)9-7(2)11-12-8(9)10(14)15/h4-6H2,1-3H3,(H,11,12)(H,14,15). The summed E-state index contributed by atoms with van der Waals surface area (Å²) in [7, 11) is -2.44. The van der Waals surface area contributed by atoms with Crippen molar-refractivity contribution in [3.63, 3.8) is 0 Å². The summed E-state index contributed by atoms with van der Waals surface area (Å²) >= 11 is 0. The van der Waals surface area contributed by atoms with E-state index in [1.165, 1.54) is 14.0 Å². The first-order valence-electron chi connectivity index (χ1n) is 5.63. The third kappa shape index (κ3) is 3.11. The third-order valence-electron chi connectivity index (χ3n) is 2.59. The van der Waals surface area contributed by atoms with Gasteiger partial charge in [-0.05, 0) is 6.92 Å². The largest absolute Gasteiger partial charge is 0.476 e. The van der Waals surface area contributed by atoms with Gasteiger partial charge in [-0.3, -0.25) is 5.10 Å². The van der Waals surface area contributed by atoms with Crippen LogP contribution in [0.5, 0.6) is 0 Å². The van der Waals surface area contributed by atoms with Crippen LogP contribution in [0.1, 0.15) is 23.1 Å². The summed E-state index contributed by atoms with van der Waals surface area (Å²) in [6.45, 7) is 3.74. The van der Waals surface area contributed by atoms with Crippen LogP contribution in [0.15, 0.2) is 4.90 Å². The summed E-state index contributed by atoms with van der Waals surface area (Å²) in [5.74, 6) is -1.38. The first-order valence-corrected chi connectivity index (χ1v) is 7.07. The quantitative estimate of drug-likeness (QED) is 0.735. The van der Waals surface area contributed by atoms with Gasteiger partial charge in [0.1, 0.15) is 4.90 Å². The van der Waals surface area contributed by atoms with E-state index in [1.807, 2.05) is 0 Å². The van der Waals surface area contributed by atoms with Gasteiger partial charge in [-0.2, -0.15) is 9.40 Å². The van der Waals surface area contributed by atoms with Gasteiger partial charge in [0.05, 0.1) is 12.3 Å². The van der Waals surface area contributed by atoms with Crippen molar-refractivity contribution in [2.24, 2.45) is 0 Å². The number of carboxylic acids is 1. The average Bonchev–Trinajstić information content (AvgIpc) is 2.72. The predicted molar refractivity (Wildman–Crippen MR) is 66.6 cm³/mol. The lowest BCUT2D eigenvalue weighted by Gasteiger charge is -2.19. The van der Waals surface area contributed by atoms with Gasteiger partial charge in [-0.1, -0.05) is 6.92 Å². The molecule has 108 valence electrons. The fourth-order valence-electron chi connectivity index (χ4n) is 1.65. The molecule has 0 saturated heterocycles. The smallest absolute Gasteiger partial charge is 0.357 e. The van der Waals surface area contributed by atoms with E-state index < -0.39 is 21.7 Å². The van der Waals surface area contributed by atoms with Gasteiger partial charge in [0.15, 0.2) is 5.69 Å². The molecule has 2 N–H and O–H groups in total. The molecule has 1 aromatic heterocycles. The number of likely N-dealkylation sites (N-methyl/N-ethyl adjacent to an activating group) is 1. The Labute approximate surface area is 111 Å². The number of nitrogens with zero attached hydrogens (tertiary/aromatic N) is 2. The van der Waals surface area contributed by atoms with Gasteiger partial charge >= 0.3 is 5.97 Å². The molecule has 0 aliphatic carbocycles. The van der Waals surface area contributed by atoms with Crippen LogP contribution in [-0.4, -0.2) is 60.8 Å². The second-order valence-electron chi connectivity index (χ2n) is 3.82. The van der Waals surface area contributed by atoms with Crippen LogP contribution >= 0.6 is 0 Å². The molecule has 0 radical (unpaired) electrons. The highest BCUT2D eigenvalue weighted by Gasteiger charge is 2.32. The van der Waals surface area contributed by atoms with Gasteiger partial charge in [0, 0.05) is 20.2 Å². The Hall–Kier alpha value is -1.45. The summed E-state index contributed by atoms with van der Waals surface area (Å²) in [5.41, 5.74) is -0.290. The van der Waals surface area contributed by atoms with Gasteiger partial charge in [-0.15, -0.1) is 0 Å². The Morgan fingerprint density at radius 2 is 2.16 bits per heavy atom. The maximum Gasteiger partial charge on any atom is 0.357 e. The van der Waals surface area contributed by atoms with Crippen LogP contribution in [0.4, 0.5) is 0 Å². The molecule has 0 fully saturated rings. The van der Waals surface area contributed by atoms with Crippen molar-refractivity contribution in [2.75, 3.05) is 26.8 Å². The topological polar surface area (TPSA) is 113 Å². The number of aromatic nitrogens is 2. The Kier molecular flexibility index (Phi) is 5.04. The Bertz CT molecular complexity index is 552. The highest BCUT2D eigenvalue weighted by Crippen LogP contribution is 2.22. The van der Waals surface area contributed by atoms with Crippen LogP contribution < -0.4 is 0 Å². The van der Waals surface area contributed by atoms with E-state index >= 15 is 0 Å². The molecule has 0 aliphatic heterocycles. The van der Waals surface area contributed by atoms with E-state index in [9.17, 15) is 13.2 Å². The van der Waals surface area contributed by atoms with Crippen LogP contribution in [-0.2, 0) is 14.8 Å². The number of methoxy groups -OCH3 is 1. The summed E-state index contributed by atoms with van der Waals surface area (Å²) in [6, 6.07) is 0. The second-order valence-corrected chi connectivity index (χ2v) is 5.70. The fraction of sp³-hybridized carbons (Fsp3) is 0.600. The van der Waals surface area contributed by atoms with Crippen molar-refractivity contribution in [3.05, 3.63) is 11.4 Å². The molecule has 1 rings (SSSR count). The van der Waals surface area contributed by atoms with Crippen molar-refractivity contribution in [2.45, 2.75) is 18.7 Å². The van der Waals surface area contributed by atoms with Crippen molar-refractivity contribution >= 4 is 16.0 Å². The first-order chi connectivity index (χ1) is 8.86. The van der Waals surface area contributed by atoms with E-state index in [0.717, 1.165) is 4.31 Å². The lowest BCUT2D eigenvalue weighted by Crippen LogP contribution is -2.34. The number of H-pyrrole nitrogens is 1. The number of carbonyl (C=O) groups is 1. The molecule has 0 atom stereocenters. The third-order valence-corrected chi connectivity index (χ3v) is 4.73. The fourth-order valence-corrected chi connectivity index (χ4v) is 3.37. The number of rotatable bonds is 7. The van der Waals surface area contributed by atoms with E-state index in [-0.39, 0.29) is 30.3 Å². The highest BCUT2D eigenvalue weighted by molar-refractivity contribution is 7.89.